The van der Waals surface area contributed by atoms with Crippen LogP contribution in [0.4, 0.5) is 0 Å². The molecule has 2 aliphatic heterocycles. The molecule has 2 amide bonds. The summed E-state index contributed by atoms with van der Waals surface area (Å²) in [5.74, 6) is -0.181. The largest absolute Gasteiger partial charge is 0.507 e. The van der Waals surface area contributed by atoms with E-state index in [2.05, 4.69) is 86.2 Å². The van der Waals surface area contributed by atoms with Gasteiger partial charge in [0.05, 0.1) is 0 Å². The molecule has 0 spiro atoms. The van der Waals surface area contributed by atoms with Crippen molar-refractivity contribution in [3.8, 4) is 33.8 Å². The summed E-state index contributed by atoms with van der Waals surface area (Å²) in [4.78, 5) is 44.8. The lowest BCUT2D eigenvalue weighted by atomic mass is 9.94. The molecule has 2 aliphatic rings. The molecule has 4 N–H and O–H groups in total. The number of carboxylic acid groups (broad SMARTS) is 1. The third-order valence-corrected chi connectivity index (χ3v) is 11.0. The van der Waals surface area contributed by atoms with Crippen molar-refractivity contribution in [1.82, 2.24) is 10.6 Å². The number of aryl methyl sites for hydroxylation is 2. The summed E-state index contributed by atoms with van der Waals surface area (Å²) in [6, 6.07) is 28.7. The van der Waals surface area contributed by atoms with E-state index in [1.54, 1.807) is 13.0 Å². The van der Waals surface area contributed by atoms with Crippen LogP contribution in [0.25, 0.3) is 22.3 Å². The third-order valence-electron chi connectivity index (χ3n) is 11.0. The Labute approximate surface area is 362 Å². The number of hydrogen-bond acceptors (Lipinski definition) is 6. The highest BCUT2D eigenvalue weighted by Gasteiger charge is 2.25. The second-order valence-corrected chi connectivity index (χ2v) is 16.2. The van der Waals surface area contributed by atoms with Crippen LogP contribution in [0.5, 0.6) is 11.5 Å². The predicted octanol–water partition coefficient (Wildman–Crippen LogP) is 11.0. The van der Waals surface area contributed by atoms with Crippen molar-refractivity contribution < 1.29 is 34.1 Å². The van der Waals surface area contributed by atoms with Gasteiger partial charge in [-0.3, -0.25) is 9.59 Å². The molecule has 0 radical (unpaired) electrons. The number of rotatable bonds is 17. The highest BCUT2D eigenvalue weighted by Crippen LogP contribution is 2.36. The Kier molecular flexibility index (Phi) is 19.0. The number of phenolic OH excluding ortho intramolecular Hbond substituents is 1. The molecule has 0 aliphatic carbocycles. The zero-order valence-electron chi connectivity index (χ0n) is 36.5. The molecule has 6 rings (SSSR count). The average molecular weight is 829 g/mol. The van der Waals surface area contributed by atoms with E-state index in [9.17, 15) is 24.3 Å². The van der Waals surface area contributed by atoms with Gasteiger partial charge in [-0.1, -0.05) is 138 Å². The Hall–Kier alpha value is -5.96. The SMILES string of the molecule is C=C(C)C(=O)O.C=C(C)C(=O)Oc1cc(C2CNC(=O)C2)ccc1-c1ccc(CCCCCC)cc1.CCCCCCc1ccc(-c2ccc(C3CNC(=O)C3)cc2O)cc1. The normalized spacial score (nSPS) is 15.3. The highest BCUT2D eigenvalue weighted by atomic mass is 16.5. The molecule has 0 aromatic heterocycles. The van der Waals surface area contributed by atoms with Gasteiger partial charge in [-0.2, -0.15) is 0 Å². The van der Waals surface area contributed by atoms with Crippen LogP contribution in [0.3, 0.4) is 0 Å². The van der Waals surface area contributed by atoms with Crippen LogP contribution >= 0.6 is 0 Å². The second kappa shape index (κ2) is 24.3. The molecule has 2 fully saturated rings. The molecule has 2 atom stereocenters. The van der Waals surface area contributed by atoms with E-state index in [-0.39, 0.29) is 35.0 Å². The van der Waals surface area contributed by atoms with Crippen molar-refractivity contribution in [3.05, 3.63) is 131 Å². The van der Waals surface area contributed by atoms with Crippen LogP contribution in [0.1, 0.15) is 126 Å². The van der Waals surface area contributed by atoms with E-state index >= 15 is 0 Å². The molecule has 2 saturated heterocycles. The molecule has 2 heterocycles. The monoisotopic (exact) mass is 828 g/mol. The van der Waals surface area contributed by atoms with Crippen LogP contribution in [0.2, 0.25) is 0 Å². The van der Waals surface area contributed by atoms with Crippen molar-refractivity contribution in [3.63, 3.8) is 0 Å². The minimum atomic E-state index is -0.935. The van der Waals surface area contributed by atoms with Gasteiger partial charge in [-0.05, 0) is 85.0 Å². The number of carbonyl (C=O) groups is 4. The maximum Gasteiger partial charge on any atom is 0.338 e. The van der Waals surface area contributed by atoms with E-state index in [0.29, 0.717) is 37.3 Å². The first-order valence-corrected chi connectivity index (χ1v) is 21.7. The van der Waals surface area contributed by atoms with Gasteiger partial charge < -0.3 is 25.6 Å². The van der Waals surface area contributed by atoms with E-state index < -0.39 is 11.9 Å². The van der Waals surface area contributed by atoms with Crippen molar-refractivity contribution in [2.24, 2.45) is 0 Å². The lowest BCUT2D eigenvalue weighted by molar-refractivity contribution is -0.132. The molecular weight excluding hydrogens is 765 g/mol. The summed E-state index contributed by atoms with van der Waals surface area (Å²) in [6.45, 7) is 15.6. The second-order valence-electron chi connectivity index (χ2n) is 16.2. The van der Waals surface area contributed by atoms with E-state index in [0.717, 1.165) is 46.2 Å². The zero-order chi connectivity index (χ0) is 44.3. The lowest BCUT2D eigenvalue weighted by Gasteiger charge is -2.15. The molecule has 324 valence electrons. The number of hydrogen-bond donors (Lipinski definition) is 4. The predicted molar refractivity (Wildman–Crippen MR) is 245 cm³/mol. The molecule has 4 aromatic carbocycles. The molecule has 9 heteroatoms. The minimum absolute atomic E-state index is 0.0547. The number of benzene rings is 4. The number of carbonyl (C=O) groups excluding carboxylic acids is 3. The standard InChI is InChI=1S/C26H31NO3.C22H27NO2.C4H6O2/c1-4-5-6-7-8-19-9-11-20(12-10-19)23-14-13-21(22-16-25(28)27-17-22)15-24(23)30-26(29)18(2)3;1-2-3-4-5-6-16-7-9-17(10-8-16)20-12-11-18(13-21(20)24)19-14-22(25)23-15-19;1-3(2)4(5)6/h9-15,22H,2,4-8,16-17H2,1,3H3,(H,27,28);7-13,19,24H,2-6,14-15H2,1H3,(H,23,25);1H2,2H3,(H,5,6). The Morgan fingerprint density at radius 2 is 1.08 bits per heavy atom. The Morgan fingerprint density at radius 3 is 1.48 bits per heavy atom. The third kappa shape index (κ3) is 15.2. The Bertz CT molecular complexity index is 2110. The first kappa shape index (κ1) is 47.7. The average Bonchev–Trinajstić information content (AvgIpc) is 3.90. The number of amides is 2. The number of nitrogens with one attached hydrogen (secondary N) is 2. The van der Waals surface area contributed by atoms with Crippen molar-refractivity contribution in [1.29, 1.82) is 0 Å². The van der Waals surface area contributed by atoms with Crippen molar-refractivity contribution in [2.75, 3.05) is 13.1 Å². The fourth-order valence-electron chi connectivity index (χ4n) is 7.24. The summed E-state index contributed by atoms with van der Waals surface area (Å²) in [6.07, 6.45) is 13.3. The smallest absolute Gasteiger partial charge is 0.338 e. The van der Waals surface area contributed by atoms with Crippen LogP contribution in [0, 0.1) is 0 Å². The topological polar surface area (TPSA) is 142 Å². The molecular formula is C52H64N2O7. The number of ether oxygens (including phenoxy) is 1. The summed E-state index contributed by atoms with van der Waals surface area (Å²) < 4.78 is 5.67. The van der Waals surface area contributed by atoms with Crippen LogP contribution in [-0.2, 0) is 32.0 Å². The molecule has 0 saturated carbocycles. The number of esters is 1. The fourth-order valence-corrected chi connectivity index (χ4v) is 7.24. The van der Waals surface area contributed by atoms with E-state index in [1.807, 2.05) is 30.3 Å². The van der Waals surface area contributed by atoms with Gasteiger partial charge in [-0.15, -0.1) is 0 Å². The molecule has 2 unspecified atom stereocenters. The van der Waals surface area contributed by atoms with Crippen LogP contribution < -0.4 is 15.4 Å². The molecule has 0 bridgehead atoms. The van der Waals surface area contributed by atoms with Gasteiger partial charge in [0.1, 0.15) is 11.5 Å². The van der Waals surface area contributed by atoms with Gasteiger partial charge >= 0.3 is 11.9 Å². The van der Waals surface area contributed by atoms with Gasteiger partial charge in [0.15, 0.2) is 0 Å². The summed E-state index contributed by atoms with van der Waals surface area (Å²) in [5, 5.41) is 24.0. The first-order chi connectivity index (χ1) is 29.3. The van der Waals surface area contributed by atoms with Gasteiger partial charge in [0, 0.05) is 60.0 Å². The minimum Gasteiger partial charge on any atom is -0.507 e. The Morgan fingerprint density at radius 1 is 0.639 bits per heavy atom. The quantitative estimate of drug-likeness (QED) is 0.0359. The van der Waals surface area contributed by atoms with Crippen molar-refractivity contribution in [2.45, 2.75) is 117 Å². The van der Waals surface area contributed by atoms with Gasteiger partial charge in [0.2, 0.25) is 11.8 Å². The molecule has 9 nitrogen and oxygen atoms in total. The van der Waals surface area contributed by atoms with Crippen LogP contribution in [-0.4, -0.2) is 47.1 Å². The summed E-state index contributed by atoms with van der Waals surface area (Å²) >= 11 is 0. The lowest BCUT2D eigenvalue weighted by Crippen LogP contribution is -2.13. The maximum atomic E-state index is 12.2. The first-order valence-electron chi connectivity index (χ1n) is 21.7. The molecule has 61 heavy (non-hydrogen) atoms. The number of unbranched alkanes of at least 4 members (excludes halogenated alkanes) is 6. The maximum absolute atomic E-state index is 12.2. The van der Waals surface area contributed by atoms with Crippen molar-refractivity contribution >= 4 is 23.8 Å². The molecule has 4 aromatic rings. The number of phenols is 1. The Balaban J connectivity index is 0.000000240. The van der Waals surface area contributed by atoms with Crippen LogP contribution in [0.15, 0.2) is 109 Å². The fraction of sp³-hybridized carbons (Fsp3) is 0.385. The van der Waals surface area contributed by atoms with E-state index in [4.69, 9.17) is 9.84 Å². The summed E-state index contributed by atoms with van der Waals surface area (Å²) in [7, 11) is 0. The number of aliphatic carboxylic acids is 1. The van der Waals surface area contributed by atoms with Gasteiger partial charge in [-0.25, -0.2) is 9.59 Å². The number of carboxylic acids is 1. The number of aromatic hydroxyl groups is 1. The summed E-state index contributed by atoms with van der Waals surface area (Å²) in [5.41, 5.74) is 8.96. The highest BCUT2D eigenvalue weighted by molar-refractivity contribution is 5.90. The zero-order valence-corrected chi connectivity index (χ0v) is 36.5. The van der Waals surface area contributed by atoms with E-state index in [1.165, 1.54) is 69.4 Å². The van der Waals surface area contributed by atoms with Gasteiger partial charge in [0.25, 0.3) is 0 Å².